The largest absolute Gasteiger partial charge is 0.457 e. The number of rotatable bonds is 6. The van der Waals surface area contributed by atoms with Gasteiger partial charge in [0.2, 0.25) is 0 Å². The van der Waals surface area contributed by atoms with Gasteiger partial charge in [0.1, 0.15) is 17.3 Å². The fourth-order valence-corrected chi connectivity index (χ4v) is 4.04. The number of halogens is 2. The first-order valence-electron chi connectivity index (χ1n) is 10.1. The van der Waals surface area contributed by atoms with Gasteiger partial charge in [0.05, 0.1) is 5.69 Å². The summed E-state index contributed by atoms with van der Waals surface area (Å²) in [4.78, 5) is 25.9. The number of aryl methyl sites for hydroxylation is 1. The van der Waals surface area contributed by atoms with Crippen LogP contribution in [0.3, 0.4) is 0 Å². The Hall–Kier alpha value is -2.39. The van der Waals surface area contributed by atoms with Crippen molar-refractivity contribution < 1.29 is 9.53 Å². The SMILES string of the molecule is CCN1CCN(C(=O)c2cccc(Oc3ccnc(Nc4nc(C)cs4)c3)c2)CC1.Cl.Cl. The number of likely N-dealkylation sites (N-methyl/N-ethyl adjacent to an activating group) is 1. The van der Waals surface area contributed by atoms with E-state index in [0.717, 1.165) is 43.5 Å². The molecule has 1 N–H and O–H groups in total. The van der Waals surface area contributed by atoms with Crippen LogP contribution in [-0.2, 0) is 0 Å². The van der Waals surface area contributed by atoms with Gasteiger partial charge in [-0.25, -0.2) is 9.97 Å². The number of aromatic nitrogens is 2. The number of nitrogens with one attached hydrogen (secondary N) is 1. The Morgan fingerprint density at radius 3 is 2.56 bits per heavy atom. The maximum absolute atomic E-state index is 12.9. The van der Waals surface area contributed by atoms with Crippen LogP contribution in [0.5, 0.6) is 11.5 Å². The molecule has 4 rings (SSSR count). The van der Waals surface area contributed by atoms with Crippen LogP contribution in [-0.4, -0.2) is 58.4 Å². The zero-order valence-corrected chi connectivity index (χ0v) is 20.4. The highest BCUT2D eigenvalue weighted by atomic mass is 35.5. The van der Waals surface area contributed by atoms with Crippen LogP contribution in [0, 0.1) is 6.92 Å². The molecule has 1 amide bonds. The molecule has 3 heterocycles. The molecule has 1 fully saturated rings. The Morgan fingerprint density at radius 2 is 1.88 bits per heavy atom. The maximum Gasteiger partial charge on any atom is 0.254 e. The monoisotopic (exact) mass is 495 g/mol. The molecule has 0 unspecified atom stereocenters. The number of carbonyl (C=O) groups excluding carboxylic acids is 1. The molecule has 0 radical (unpaired) electrons. The zero-order valence-electron chi connectivity index (χ0n) is 18.0. The molecular weight excluding hydrogens is 469 g/mol. The van der Waals surface area contributed by atoms with E-state index >= 15 is 0 Å². The molecule has 3 aromatic rings. The molecule has 1 saturated heterocycles. The Bertz CT molecular complexity index is 1020. The van der Waals surface area contributed by atoms with Crippen molar-refractivity contribution in [1.82, 2.24) is 19.8 Å². The number of ether oxygens (including phenoxy) is 1. The van der Waals surface area contributed by atoms with E-state index in [4.69, 9.17) is 4.74 Å². The summed E-state index contributed by atoms with van der Waals surface area (Å²) >= 11 is 1.53. The predicted molar refractivity (Wildman–Crippen MR) is 133 cm³/mol. The van der Waals surface area contributed by atoms with Gasteiger partial charge in [-0.1, -0.05) is 13.0 Å². The topological polar surface area (TPSA) is 70.6 Å². The molecule has 1 aliphatic heterocycles. The molecule has 0 bridgehead atoms. The van der Waals surface area contributed by atoms with E-state index in [2.05, 4.69) is 27.1 Å². The fraction of sp³-hybridized carbons (Fsp3) is 0.318. The number of thiazole rings is 1. The van der Waals surface area contributed by atoms with Crippen molar-refractivity contribution >= 4 is 53.0 Å². The normalized spacial score (nSPS) is 13.6. The minimum atomic E-state index is 0. The van der Waals surface area contributed by atoms with E-state index in [0.29, 0.717) is 22.9 Å². The summed E-state index contributed by atoms with van der Waals surface area (Å²) in [6.07, 6.45) is 1.68. The molecule has 10 heteroatoms. The number of hydrogen-bond donors (Lipinski definition) is 1. The zero-order chi connectivity index (χ0) is 20.9. The average molecular weight is 496 g/mol. The van der Waals surface area contributed by atoms with Crippen LogP contribution in [0.4, 0.5) is 10.9 Å². The lowest BCUT2D eigenvalue weighted by molar-refractivity contribution is 0.0643. The van der Waals surface area contributed by atoms with Crippen molar-refractivity contribution in [3.63, 3.8) is 0 Å². The minimum absolute atomic E-state index is 0. The first-order chi connectivity index (χ1) is 14.6. The second-order valence-corrected chi connectivity index (χ2v) is 8.01. The Labute approximate surface area is 204 Å². The Balaban J connectivity index is 0.00000181. The smallest absolute Gasteiger partial charge is 0.254 e. The van der Waals surface area contributed by atoms with Gasteiger partial charge in [0.15, 0.2) is 5.13 Å². The standard InChI is InChI=1S/C22H25N5O2S.2ClH/c1-3-26-9-11-27(12-10-26)21(28)17-5-4-6-18(13-17)29-19-7-8-23-20(14-19)25-22-24-16(2)15-30-22;;/h4-8,13-15H,3,9-12H2,1-2H3,(H,23,24,25);2*1H. The van der Waals surface area contributed by atoms with Crippen LogP contribution < -0.4 is 10.1 Å². The highest BCUT2D eigenvalue weighted by molar-refractivity contribution is 7.13. The van der Waals surface area contributed by atoms with Crippen LogP contribution >= 0.6 is 36.2 Å². The summed E-state index contributed by atoms with van der Waals surface area (Å²) in [7, 11) is 0. The van der Waals surface area contributed by atoms with Gasteiger partial charge in [0, 0.05) is 49.4 Å². The number of pyridine rings is 1. The van der Waals surface area contributed by atoms with Gasteiger partial charge >= 0.3 is 0 Å². The first kappa shape index (κ1) is 25.9. The van der Waals surface area contributed by atoms with Crippen LogP contribution in [0.2, 0.25) is 0 Å². The predicted octanol–water partition coefficient (Wildman–Crippen LogP) is 5.00. The molecule has 172 valence electrons. The molecule has 1 aromatic carbocycles. The summed E-state index contributed by atoms with van der Waals surface area (Å²) in [5, 5.41) is 5.95. The number of amides is 1. The number of piperazine rings is 1. The van der Waals surface area contributed by atoms with Crippen molar-refractivity contribution in [1.29, 1.82) is 0 Å². The summed E-state index contributed by atoms with van der Waals surface area (Å²) in [5.41, 5.74) is 1.61. The molecule has 0 atom stereocenters. The quantitative estimate of drug-likeness (QED) is 0.518. The summed E-state index contributed by atoms with van der Waals surface area (Å²) in [5.74, 6) is 1.97. The van der Waals surface area contributed by atoms with Crippen LogP contribution in [0.1, 0.15) is 23.0 Å². The summed E-state index contributed by atoms with van der Waals surface area (Å²) in [6.45, 7) is 8.48. The first-order valence-corrected chi connectivity index (χ1v) is 10.9. The molecule has 7 nitrogen and oxygen atoms in total. The molecule has 0 spiro atoms. The molecule has 1 aliphatic rings. The van der Waals surface area contributed by atoms with Crippen molar-refractivity contribution in [2.75, 3.05) is 38.0 Å². The number of benzene rings is 1. The van der Waals surface area contributed by atoms with Gasteiger partial charge in [-0.3, -0.25) is 4.79 Å². The van der Waals surface area contributed by atoms with E-state index in [-0.39, 0.29) is 30.7 Å². The van der Waals surface area contributed by atoms with Crippen LogP contribution in [0.15, 0.2) is 48.0 Å². The Kier molecular flexibility index (Phi) is 9.71. The highest BCUT2D eigenvalue weighted by Gasteiger charge is 2.21. The number of carbonyl (C=O) groups is 1. The van der Waals surface area contributed by atoms with E-state index in [1.807, 2.05) is 41.5 Å². The van der Waals surface area contributed by atoms with Gasteiger partial charge in [-0.05, 0) is 37.7 Å². The van der Waals surface area contributed by atoms with Gasteiger partial charge < -0.3 is 19.9 Å². The number of anilines is 2. The van der Waals surface area contributed by atoms with Crippen molar-refractivity contribution in [2.45, 2.75) is 13.8 Å². The highest BCUT2D eigenvalue weighted by Crippen LogP contribution is 2.26. The third kappa shape index (κ3) is 6.56. The van der Waals surface area contributed by atoms with E-state index in [1.165, 1.54) is 11.3 Å². The molecular formula is C22H27Cl2N5O2S. The van der Waals surface area contributed by atoms with Crippen molar-refractivity contribution in [2.24, 2.45) is 0 Å². The third-order valence-electron chi connectivity index (χ3n) is 5.01. The van der Waals surface area contributed by atoms with Gasteiger partial charge in [-0.2, -0.15) is 0 Å². The number of hydrogen-bond acceptors (Lipinski definition) is 7. The maximum atomic E-state index is 12.9. The lowest BCUT2D eigenvalue weighted by atomic mass is 10.1. The van der Waals surface area contributed by atoms with E-state index in [1.54, 1.807) is 18.3 Å². The lowest BCUT2D eigenvalue weighted by Crippen LogP contribution is -2.48. The van der Waals surface area contributed by atoms with Crippen molar-refractivity contribution in [3.05, 3.63) is 59.2 Å². The Morgan fingerprint density at radius 1 is 1.12 bits per heavy atom. The average Bonchev–Trinajstić information content (AvgIpc) is 3.18. The lowest BCUT2D eigenvalue weighted by Gasteiger charge is -2.34. The minimum Gasteiger partial charge on any atom is -0.457 e. The van der Waals surface area contributed by atoms with E-state index in [9.17, 15) is 4.79 Å². The fourth-order valence-electron chi connectivity index (χ4n) is 3.34. The van der Waals surface area contributed by atoms with Crippen molar-refractivity contribution in [3.8, 4) is 11.5 Å². The molecule has 0 saturated carbocycles. The molecule has 32 heavy (non-hydrogen) atoms. The third-order valence-corrected chi connectivity index (χ3v) is 5.88. The second-order valence-electron chi connectivity index (χ2n) is 7.15. The second kappa shape index (κ2) is 12.0. The van der Waals surface area contributed by atoms with Gasteiger partial charge in [-0.15, -0.1) is 36.2 Å². The van der Waals surface area contributed by atoms with E-state index < -0.39 is 0 Å². The van der Waals surface area contributed by atoms with Gasteiger partial charge in [0.25, 0.3) is 5.91 Å². The number of nitrogens with zero attached hydrogens (tertiary/aromatic N) is 4. The summed E-state index contributed by atoms with van der Waals surface area (Å²) < 4.78 is 6.00. The summed E-state index contributed by atoms with van der Waals surface area (Å²) in [6, 6.07) is 10.9. The molecule has 0 aliphatic carbocycles. The molecule has 2 aromatic heterocycles. The van der Waals surface area contributed by atoms with Crippen LogP contribution in [0.25, 0.3) is 0 Å².